The first-order chi connectivity index (χ1) is 14.9. The Kier molecular flexibility index (Phi) is 4.08. The second kappa shape index (κ2) is 6.70. The summed E-state index contributed by atoms with van der Waals surface area (Å²) >= 11 is 0. The fourth-order valence-electron chi connectivity index (χ4n) is 4.21. The van der Waals surface area contributed by atoms with Crippen molar-refractivity contribution in [3.8, 4) is 17.2 Å². The van der Waals surface area contributed by atoms with E-state index in [4.69, 9.17) is 19.3 Å². The van der Waals surface area contributed by atoms with Gasteiger partial charge in [-0.2, -0.15) is 0 Å². The molecule has 3 aromatic rings. The van der Waals surface area contributed by atoms with Gasteiger partial charge in [-0.1, -0.05) is 30.3 Å². The maximum absolute atomic E-state index is 12.8. The summed E-state index contributed by atoms with van der Waals surface area (Å²) < 4.78 is 17.3. The number of carbonyl (C=O) groups excluding carboxylic acids is 2. The number of carbonyl (C=O) groups is 3. The lowest BCUT2D eigenvalue weighted by Gasteiger charge is -2.36. The average Bonchev–Trinajstić information content (AvgIpc) is 3.00. The number of benzene rings is 3. The lowest BCUT2D eigenvalue weighted by atomic mass is 9.77. The van der Waals surface area contributed by atoms with Gasteiger partial charge in [0.25, 0.3) is 0 Å². The molecule has 5 rings (SSSR count). The van der Waals surface area contributed by atoms with Crippen LogP contribution in [0.5, 0.6) is 17.2 Å². The zero-order valence-electron chi connectivity index (χ0n) is 16.4. The van der Waals surface area contributed by atoms with Gasteiger partial charge in [-0.05, 0) is 29.8 Å². The zero-order chi connectivity index (χ0) is 21.8. The van der Waals surface area contributed by atoms with E-state index >= 15 is 0 Å². The number of aliphatic carboxylic acids is 1. The number of carboxylic acids is 1. The minimum Gasteiger partial charge on any atom is -0.481 e. The fraction of sp³-hybridized carbons (Fsp3) is 0.125. The van der Waals surface area contributed by atoms with Crippen LogP contribution in [0.3, 0.4) is 0 Å². The molecule has 2 aliphatic rings. The summed E-state index contributed by atoms with van der Waals surface area (Å²) in [5.74, 6) is -0.913. The summed E-state index contributed by atoms with van der Waals surface area (Å²) in [6.07, 6.45) is -0.180. The van der Waals surface area contributed by atoms with Gasteiger partial charge in [0, 0.05) is 29.7 Å². The predicted octanol–water partition coefficient (Wildman–Crippen LogP) is 3.81. The molecule has 31 heavy (non-hydrogen) atoms. The largest absolute Gasteiger partial charge is 0.481 e. The van der Waals surface area contributed by atoms with Crippen LogP contribution in [0.15, 0.2) is 60.7 Å². The molecule has 0 aliphatic carbocycles. The molecule has 1 N–H and O–H groups in total. The van der Waals surface area contributed by atoms with Gasteiger partial charge < -0.3 is 19.3 Å². The number of esters is 2. The van der Waals surface area contributed by atoms with Crippen LogP contribution in [0.4, 0.5) is 0 Å². The number of hydrogen-bond acceptors (Lipinski definition) is 6. The van der Waals surface area contributed by atoms with E-state index in [1.165, 1.54) is 6.92 Å². The first-order valence-corrected chi connectivity index (χ1v) is 9.57. The maximum Gasteiger partial charge on any atom is 0.340 e. The molecule has 2 heterocycles. The van der Waals surface area contributed by atoms with Gasteiger partial charge in [0.15, 0.2) is 5.60 Å². The lowest BCUT2D eigenvalue weighted by molar-refractivity contribution is -0.136. The molecule has 0 saturated heterocycles. The van der Waals surface area contributed by atoms with Gasteiger partial charge >= 0.3 is 17.9 Å². The molecule has 0 fully saturated rings. The van der Waals surface area contributed by atoms with Gasteiger partial charge in [-0.3, -0.25) is 9.59 Å². The summed E-state index contributed by atoms with van der Waals surface area (Å²) in [6.45, 7) is 1.30. The third-order valence-electron chi connectivity index (χ3n) is 5.37. The summed E-state index contributed by atoms with van der Waals surface area (Å²) in [4.78, 5) is 35.3. The Morgan fingerprint density at radius 3 is 2.42 bits per heavy atom. The highest BCUT2D eigenvalue weighted by molar-refractivity contribution is 5.97. The molecular weight excluding hydrogens is 400 g/mol. The first kappa shape index (κ1) is 18.9. The molecule has 3 aromatic carbocycles. The molecule has 7 heteroatoms. The molecule has 1 spiro atoms. The van der Waals surface area contributed by atoms with E-state index in [1.54, 1.807) is 48.5 Å². The standard InChI is InChI=1S/C24H16O7/c1-13(25)29-15-7-9-19-21(12-15)30-20-10-14(11-22(26)27)6-8-18(20)24(19)17-5-3-2-4-16(17)23(28)31-24/h2-10,12H,11H2,1H3,(H,26,27). The van der Waals surface area contributed by atoms with Crippen molar-refractivity contribution in [1.82, 2.24) is 0 Å². The molecule has 0 radical (unpaired) electrons. The first-order valence-electron chi connectivity index (χ1n) is 9.57. The van der Waals surface area contributed by atoms with Crippen LogP contribution in [-0.2, 0) is 26.3 Å². The van der Waals surface area contributed by atoms with Crippen LogP contribution in [0.2, 0.25) is 0 Å². The second-order valence-corrected chi connectivity index (χ2v) is 7.37. The topological polar surface area (TPSA) is 99.1 Å². The molecule has 1 atom stereocenters. The summed E-state index contributed by atoms with van der Waals surface area (Å²) in [7, 11) is 0. The molecule has 154 valence electrons. The minimum atomic E-state index is -1.26. The number of fused-ring (bicyclic) bond motifs is 6. The minimum absolute atomic E-state index is 0.180. The number of ether oxygens (including phenoxy) is 3. The number of hydrogen-bond donors (Lipinski definition) is 1. The van der Waals surface area contributed by atoms with Crippen LogP contribution in [0, 0.1) is 0 Å². The Morgan fingerprint density at radius 2 is 1.68 bits per heavy atom. The molecule has 7 nitrogen and oxygen atoms in total. The van der Waals surface area contributed by atoms with Crippen LogP contribution < -0.4 is 9.47 Å². The maximum atomic E-state index is 12.8. The molecule has 1 unspecified atom stereocenters. The van der Waals surface area contributed by atoms with E-state index in [-0.39, 0.29) is 12.2 Å². The SMILES string of the molecule is CC(=O)Oc1ccc2c(c1)Oc1cc(CC(=O)O)ccc1C21OC(=O)c2ccccc21. The number of carboxylic acid groups (broad SMARTS) is 1. The fourth-order valence-corrected chi connectivity index (χ4v) is 4.21. The van der Waals surface area contributed by atoms with Crippen molar-refractivity contribution in [2.24, 2.45) is 0 Å². The van der Waals surface area contributed by atoms with Gasteiger partial charge in [0.1, 0.15) is 17.2 Å². The van der Waals surface area contributed by atoms with E-state index in [1.807, 2.05) is 12.1 Å². The van der Waals surface area contributed by atoms with Gasteiger partial charge in [-0.15, -0.1) is 0 Å². The summed E-state index contributed by atoms with van der Waals surface area (Å²) in [6, 6.07) is 17.0. The van der Waals surface area contributed by atoms with Gasteiger partial charge in [-0.25, -0.2) is 4.79 Å². The predicted molar refractivity (Wildman–Crippen MR) is 107 cm³/mol. The monoisotopic (exact) mass is 416 g/mol. The summed E-state index contributed by atoms with van der Waals surface area (Å²) in [5, 5.41) is 9.16. The van der Waals surface area contributed by atoms with Crippen LogP contribution in [0.1, 0.15) is 39.5 Å². The molecule has 0 bridgehead atoms. The van der Waals surface area contributed by atoms with Crippen LogP contribution in [-0.4, -0.2) is 23.0 Å². The molecule has 0 saturated carbocycles. The number of rotatable bonds is 3. The highest BCUT2D eigenvalue weighted by Gasteiger charge is 2.53. The van der Waals surface area contributed by atoms with Crippen molar-refractivity contribution < 1.29 is 33.7 Å². The Balaban J connectivity index is 1.76. The Morgan fingerprint density at radius 1 is 0.968 bits per heavy atom. The van der Waals surface area contributed by atoms with Crippen molar-refractivity contribution in [3.63, 3.8) is 0 Å². The van der Waals surface area contributed by atoms with E-state index in [2.05, 4.69) is 0 Å². The molecule has 0 aromatic heterocycles. The quantitative estimate of drug-likeness (QED) is 0.512. The smallest absolute Gasteiger partial charge is 0.340 e. The third-order valence-corrected chi connectivity index (χ3v) is 5.37. The highest BCUT2D eigenvalue weighted by Crippen LogP contribution is 2.56. The van der Waals surface area contributed by atoms with E-state index in [0.717, 1.165) is 0 Å². The van der Waals surface area contributed by atoms with Crippen LogP contribution in [0.25, 0.3) is 0 Å². The van der Waals surface area contributed by atoms with Gasteiger partial charge in [0.2, 0.25) is 0 Å². The van der Waals surface area contributed by atoms with E-state index < -0.39 is 23.5 Å². The third kappa shape index (κ3) is 2.85. The lowest BCUT2D eigenvalue weighted by Crippen LogP contribution is -2.33. The van der Waals surface area contributed by atoms with Crippen molar-refractivity contribution in [1.29, 1.82) is 0 Å². The highest BCUT2D eigenvalue weighted by atomic mass is 16.6. The van der Waals surface area contributed by atoms with Crippen molar-refractivity contribution in [2.45, 2.75) is 18.9 Å². The zero-order valence-corrected chi connectivity index (χ0v) is 16.4. The van der Waals surface area contributed by atoms with E-state index in [9.17, 15) is 14.4 Å². The average molecular weight is 416 g/mol. The molecule has 0 amide bonds. The Bertz CT molecular complexity index is 1210. The van der Waals surface area contributed by atoms with Crippen molar-refractivity contribution in [3.05, 3.63) is 88.5 Å². The Labute approximate surface area is 176 Å². The van der Waals surface area contributed by atoms with Gasteiger partial charge in [0.05, 0.1) is 12.0 Å². The Hall–Kier alpha value is -4.13. The van der Waals surface area contributed by atoms with Crippen molar-refractivity contribution >= 4 is 17.9 Å². The molecule has 2 aliphatic heterocycles. The summed E-state index contributed by atoms with van der Waals surface area (Å²) in [5.41, 5.74) is 1.57. The van der Waals surface area contributed by atoms with E-state index in [0.29, 0.717) is 39.3 Å². The normalized spacial score (nSPS) is 17.8. The van der Waals surface area contributed by atoms with Crippen LogP contribution >= 0.6 is 0 Å². The second-order valence-electron chi connectivity index (χ2n) is 7.37. The molecular formula is C24H16O7. The van der Waals surface area contributed by atoms with Crippen molar-refractivity contribution in [2.75, 3.05) is 0 Å².